The third-order valence-electron chi connectivity index (χ3n) is 3.84. The standard InChI is InChI=1S/C19H18N2O3S2/c1-14-5-2-3-7-18(14)21-19(22)15-8-10-17(11-9-15)26(23,24)20-13-16-6-4-12-25-16/h2-12,20H,13H2,1H3,(H,21,22). The number of hydrogen-bond acceptors (Lipinski definition) is 4. The van der Waals surface area contributed by atoms with Crippen molar-refractivity contribution in [1.82, 2.24) is 4.72 Å². The highest BCUT2D eigenvalue weighted by atomic mass is 32.2. The van der Waals surface area contributed by atoms with Crippen LogP contribution in [0.1, 0.15) is 20.8 Å². The van der Waals surface area contributed by atoms with Crippen LogP contribution in [0.5, 0.6) is 0 Å². The molecule has 0 spiro atoms. The van der Waals surface area contributed by atoms with E-state index < -0.39 is 10.0 Å². The van der Waals surface area contributed by atoms with Gasteiger partial charge in [0.25, 0.3) is 5.91 Å². The number of nitrogens with one attached hydrogen (secondary N) is 2. The fraction of sp³-hybridized carbons (Fsp3) is 0.105. The molecule has 0 radical (unpaired) electrons. The number of carbonyl (C=O) groups is 1. The van der Waals surface area contributed by atoms with Crippen LogP contribution in [0.4, 0.5) is 5.69 Å². The number of carbonyl (C=O) groups excluding carboxylic acids is 1. The van der Waals surface area contributed by atoms with Crippen molar-refractivity contribution in [3.05, 3.63) is 82.0 Å². The summed E-state index contributed by atoms with van der Waals surface area (Å²) in [5.41, 5.74) is 2.08. The quantitative estimate of drug-likeness (QED) is 0.677. The fourth-order valence-electron chi connectivity index (χ4n) is 2.36. The Morgan fingerprint density at radius 2 is 1.73 bits per heavy atom. The van der Waals surface area contributed by atoms with Gasteiger partial charge < -0.3 is 5.32 Å². The molecule has 0 saturated heterocycles. The molecule has 2 aromatic carbocycles. The van der Waals surface area contributed by atoms with Crippen molar-refractivity contribution in [2.45, 2.75) is 18.4 Å². The van der Waals surface area contributed by atoms with Crippen molar-refractivity contribution in [2.24, 2.45) is 0 Å². The van der Waals surface area contributed by atoms with Gasteiger partial charge in [0.15, 0.2) is 0 Å². The molecule has 0 saturated carbocycles. The second kappa shape index (κ2) is 7.82. The summed E-state index contributed by atoms with van der Waals surface area (Å²) >= 11 is 1.49. The van der Waals surface area contributed by atoms with Crippen LogP contribution in [0.15, 0.2) is 70.9 Å². The number of amides is 1. The van der Waals surface area contributed by atoms with Crippen LogP contribution in [0.25, 0.3) is 0 Å². The molecule has 0 unspecified atom stereocenters. The maximum absolute atomic E-state index is 12.3. The third kappa shape index (κ3) is 4.37. The molecule has 0 bridgehead atoms. The van der Waals surface area contributed by atoms with Gasteiger partial charge in [0.2, 0.25) is 10.0 Å². The minimum absolute atomic E-state index is 0.126. The average molecular weight is 386 g/mol. The normalized spacial score (nSPS) is 11.3. The fourth-order valence-corrected chi connectivity index (χ4v) is 4.10. The summed E-state index contributed by atoms with van der Waals surface area (Å²) < 4.78 is 27.2. The molecule has 26 heavy (non-hydrogen) atoms. The van der Waals surface area contributed by atoms with Gasteiger partial charge in [-0.25, -0.2) is 13.1 Å². The maximum atomic E-state index is 12.3. The summed E-state index contributed by atoms with van der Waals surface area (Å²) in [5, 5.41) is 4.72. The first-order valence-corrected chi connectivity index (χ1v) is 10.3. The van der Waals surface area contributed by atoms with Gasteiger partial charge in [-0.2, -0.15) is 0 Å². The highest BCUT2D eigenvalue weighted by Gasteiger charge is 2.15. The first-order chi connectivity index (χ1) is 12.5. The lowest BCUT2D eigenvalue weighted by atomic mass is 10.1. The first kappa shape index (κ1) is 18.3. The monoisotopic (exact) mass is 386 g/mol. The Labute approximate surface area is 156 Å². The highest BCUT2D eigenvalue weighted by Crippen LogP contribution is 2.17. The van der Waals surface area contributed by atoms with E-state index in [1.165, 1.54) is 35.6 Å². The predicted octanol–water partition coefficient (Wildman–Crippen LogP) is 3.79. The van der Waals surface area contributed by atoms with Crippen molar-refractivity contribution in [2.75, 3.05) is 5.32 Å². The van der Waals surface area contributed by atoms with Crippen LogP contribution in [0, 0.1) is 6.92 Å². The molecule has 7 heteroatoms. The van der Waals surface area contributed by atoms with Crippen LogP contribution < -0.4 is 10.0 Å². The topological polar surface area (TPSA) is 75.3 Å². The molecule has 134 valence electrons. The molecular weight excluding hydrogens is 368 g/mol. The summed E-state index contributed by atoms with van der Waals surface area (Å²) in [6.07, 6.45) is 0. The molecule has 0 aliphatic rings. The molecule has 2 N–H and O–H groups in total. The van der Waals surface area contributed by atoms with Gasteiger partial charge >= 0.3 is 0 Å². The largest absolute Gasteiger partial charge is 0.322 e. The molecular formula is C19H18N2O3S2. The maximum Gasteiger partial charge on any atom is 0.255 e. The minimum atomic E-state index is -3.62. The molecule has 3 rings (SSSR count). The molecule has 1 aromatic heterocycles. The van der Waals surface area contributed by atoms with Crippen LogP contribution in [-0.4, -0.2) is 14.3 Å². The van der Waals surface area contributed by atoms with E-state index >= 15 is 0 Å². The van der Waals surface area contributed by atoms with Gasteiger partial charge in [0, 0.05) is 22.7 Å². The van der Waals surface area contributed by atoms with Crippen molar-refractivity contribution in [1.29, 1.82) is 0 Å². The molecule has 0 aliphatic carbocycles. The number of benzene rings is 2. The van der Waals surface area contributed by atoms with Crippen LogP contribution >= 0.6 is 11.3 Å². The Morgan fingerprint density at radius 3 is 2.38 bits per heavy atom. The van der Waals surface area contributed by atoms with Gasteiger partial charge in [0.05, 0.1) is 4.90 Å². The van der Waals surface area contributed by atoms with E-state index in [1.54, 1.807) is 0 Å². The van der Waals surface area contributed by atoms with Crippen LogP contribution in [0.2, 0.25) is 0 Å². The second-order valence-electron chi connectivity index (χ2n) is 5.70. The molecule has 1 heterocycles. The molecule has 0 aliphatic heterocycles. The highest BCUT2D eigenvalue weighted by molar-refractivity contribution is 7.89. The van der Waals surface area contributed by atoms with Gasteiger partial charge in [-0.1, -0.05) is 24.3 Å². The molecule has 0 fully saturated rings. The van der Waals surface area contributed by atoms with E-state index in [9.17, 15) is 13.2 Å². The van der Waals surface area contributed by atoms with E-state index in [-0.39, 0.29) is 17.3 Å². The Morgan fingerprint density at radius 1 is 1.00 bits per heavy atom. The molecule has 5 nitrogen and oxygen atoms in total. The summed E-state index contributed by atoms with van der Waals surface area (Å²) in [5.74, 6) is -0.283. The average Bonchev–Trinajstić information content (AvgIpc) is 3.16. The Kier molecular flexibility index (Phi) is 5.51. The van der Waals surface area contributed by atoms with E-state index in [4.69, 9.17) is 0 Å². The molecule has 3 aromatic rings. The second-order valence-corrected chi connectivity index (χ2v) is 8.50. The predicted molar refractivity (Wildman–Crippen MR) is 104 cm³/mol. The summed E-state index contributed by atoms with van der Waals surface area (Å²) in [6.45, 7) is 2.15. The zero-order valence-corrected chi connectivity index (χ0v) is 15.7. The van der Waals surface area contributed by atoms with Crippen molar-refractivity contribution in [3.63, 3.8) is 0 Å². The Balaban J connectivity index is 1.69. The number of aryl methyl sites for hydroxylation is 1. The number of rotatable bonds is 6. The van der Waals surface area contributed by atoms with Crippen LogP contribution in [-0.2, 0) is 16.6 Å². The van der Waals surface area contributed by atoms with E-state index in [2.05, 4.69) is 10.0 Å². The van der Waals surface area contributed by atoms with E-state index in [1.807, 2.05) is 48.7 Å². The van der Waals surface area contributed by atoms with Crippen molar-refractivity contribution >= 4 is 33.0 Å². The zero-order valence-electron chi connectivity index (χ0n) is 14.1. The third-order valence-corrected chi connectivity index (χ3v) is 6.13. The SMILES string of the molecule is Cc1ccccc1NC(=O)c1ccc(S(=O)(=O)NCc2cccs2)cc1. The summed E-state index contributed by atoms with van der Waals surface area (Å²) in [7, 11) is -3.62. The molecule has 1 amide bonds. The smallest absolute Gasteiger partial charge is 0.255 e. The number of anilines is 1. The number of sulfonamides is 1. The summed E-state index contributed by atoms with van der Waals surface area (Å²) in [4.78, 5) is 13.4. The van der Waals surface area contributed by atoms with Crippen molar-refractivity contribution in [3.8, 4) is 0 Å². The number of thiophene rings is 1. The number of para-hydroxylation sites is 1. The number of hydrogen-bond donors (Lipinski definition) is 2. The summed E-state index contributed by atoms with van der Waals surface area (Å²) in [6, 6.07) is 17.1. The van der Waals surface area contributed by atoms with Gasteiger partial charge in [0.1, 0.15) is 0 Å². The minimum Gasteiger partial charge on any atom is -0.322 e. The zero-order chi connectivity index (χ0) is 18.6. The van der Waals surface area contributed by atoms with Gasteiger partial charge in [-0.15, -0.1) is 11.3 Å². The van der Waals surface area contributed by atoms with E-state index in [0.29, 0.717) is 5.56 Å². The van der Waals surface area contributed by atoms with Crippen molar-refractivity contribution < 1.29 is 13.2 Å². The lowest BCUT2D eigenvalue weighted by Gasteiger charge is -2.09. The lowest BCUT2D eigenvalue weighted by Crippen LogP contribution is -2.23. The van der Waals surface area contributed by atoms with Crippen LogP contribution in [0.3, 0.4) is 0 Å². The first-order valence-electron chi connectivity index (χ1n) is 7.95. The Hall–Kier alpha value is -2.48. The molecule has 0 atom stereocenters. The van der Waals surface area contributed by atoms with E-state index in [0.717, 1.165) is 16.1 Å². The van der Waals surface area contributed by atoms with Gasteiger partial charge in [-0.05, 0) is 54.3 Å². The van der Waals surface area contributed by atoms with Gasteiger partial charge in [-0.3, -0.25) is 4.79 Å². The Bertz CT molecular complexity index is 996. The lowest BCUT2D eigenvalue weighted by molar-refractivity contribution is 0.102.